The van der Waals surface area contributed by atoms with Gasteiger partial charge < -0.3 is 10.3 Å². The molecule has 0 bridgehead atoms. The van der Waals surface area contributed by atoms with Crippen molar-refractivity contribution in [3.05, 3.63) is 35.0 Å². The van der Waals surface area contributed by atoms with E-state index in [1.165, 1.54) is 27.7 Å². The summed E-state index contributed by atoms with van der Waals surface area (Å²) in [6.45, 7) is 9.92. The van der Waals surface area contributed by atoms with Crippen LogP contribution in [0, 0.1) is 13.8 Å². The number of para-hydroxylation sites is 1. The SMILES string of the molecule is Cc1[nH]c2c(CN3CCNCC3)cccc2c1C. The maximum Gasteiger partial charge on any atom is 0.0504 e. The number of nitrogens with zero attached hydrogens (tertiary/aromatic N) is 1. The first-order chi connectivity index (χ1) is 8.75. The van der Waals surface area contributed by atoms with E-state index in [0.29, 0.717) is 0 Å². The molecule has 1 aliphatic heterocycles. The molecular formula is C15H21N3. The van der Waals surface area contributed by atoms with Crippen molar-refractivity contribution in [3.63, 3.8) is 0 Å². The van der Waals surface area contributed by atoms with Crippen molar-refractivity contribution >= 4 is 10.9 Å². The highest BCUT2D eigenvalue weighted by Crippen LogP contribution is 2.25. The molecule has 1 aromatic heterocycles. The molecule has 0 atom stereocenters. The van der Waals surface area contributed by atoms with Gasteiger partial charge in [-0.15, -0.1) is 0 Å². The molecule has 1 aromatic carbocycles. The molecule has 3 rings (SSSR count). The van der Waals surface area contributed by atoms with E-state index < -0.39 is 0 Å². The molecule has 0 unspecified atom stereocenters. The van der Waals surface area contributed by atoms with Crippen LogP contribution in [0.1, 0.15) is 16.8 Å². The summed E-state index contributed by atoms with van der Waals surface area (Å²) in [5.41, 5.74) is 5.42. The first kappa shape index (κ1) is 11.8. The molecule has 1 saturated heterocycles. The zero-order valence-corrected chi connectivity index (χ0v) is 11.2. The number of nitrogens with one attached hydrogen (secondary N) is 2. The van der Waals surface area contributed by atoms with Gasteiger partial charge in [-0.25, -0.2) is 0 Å². The van der Waals surface area contributed by atoms with Crippen LogP contribution in [0.5, 0.6) is 0 Å². The van der Waals surface area contributed by atoms with E-state index in [2.05, 4.69) is 47.2 Å². The average Bonchev–Trinajstić information content (AvgIpc) is 2.69. The Hall–Kier alpha value is -1.32. The highest BCUT2D eigenvalue weighted by Gasteiger charge is 2.13. The summed E-state index contributed by atoms with van der Waals surface area (Å²) in [4.78, 5) is 6.07. The van der Waals surface area contributed by atoms with Crippen LogP contribution in [-0.4, -0.2) is 36.1 Å². The fourth-order valence-corrected chi connectivity index (χ4v) is 2.79. The van der Waals surface area contributed by atoms with Gasteiger partial charge in [0.25, 0.3) is 0 Å². The van der Waals surface area contributed by atoms with Gasteiger partial charge in [0, 0.05) is 43.8 Å². The third-order valence-corrected chi connectivity index (χ3v) is 4.03. The Bertz CT molecular complexity index is 550. The number of aryl methyl sites for hydroxylation is 2. The molecule has 0 saturated carbocycles. The second-order valence-electron chi connectivity index (χ2n) is 5.24. The number of benzene rings is 1. The smallest absolute Gasteiger partial charge is 0.0504 e. The second-order valence-corrected chi connectivity index (χ2v) is 5.24. The molecule has 1 aliphatic rings. The van der Waals surface area contributed by atoms with Crippen LogP contribution in [0.15, 0.2) is 18.2 Å². The summed E-state index contributed by atoms with van der Waals surface area (Å²) in [6.07, 6.45) is 0. The van der Waals surface area contributed by atoms with E-state index in [1.807, 2.05) is 0 Å². The third-order valence-electron chi connectivity index (χ3n) is 4.03. The molecule has 2 aromatic rings. The first-order valence-corrected chi connectivity index (χ1v) is 6.75. The van der Waals surface area contributed by atoms with E-state index >= 15 is 0 Å². The summed E-state index contributed by atoms with van der Waals surface area (Å²) in [7, 11) is 0. The van der Waals surface area contributed by atoms with Crippen molar-refractivity contribution in [2.24, 2.45) is 0 Å². The van der Waals surface area contributed by atoms with E-state index in [1.54, 1.807) is 0 Å². The maximum atomic E-state index is 3.54. The second kappa shape index (κ2) is 4.75. The summed E-state index contributed by atoms with van der Waals surface area (Å²) in [5, 5.41) is 4.78. The molecular weight excluding hydrogens is 222 g/mol. The third kappa shape index (κ3) is 2.04. The van der Waals surface area contributed by atoms with Crippen LogP contribution in [0.2, 0.25) is 0 Å². The van der Waals surface area contributed by atoms with Crippen molar-refractivity contribution in [3.8, 4) is 0 Å². The van der Waals surface area contributed by atoms with Crippen LogP contribution in [0.3, 0.4) is 0 Å². The zero-order chi connectivity index (χ0) is 12.5. The molecule has 0 aliphatic carbocycles. The Morgan fingerprint density at radius 3 is 2.72 bits per heavy atom. The summed E-state index contributed by atoms with van der Waals surface area (Å²) >= 11 is 0. The van der Waals surface area contributed by atoms with Crippen molar-refractivity contribution in [1.29, 1.82) is 0 Å². The normalized spacial score (nSPS) is 17.4. The standard InChI is InChI=1S/C15H21N3/c1-11-12(2)17-15-13(4-3-5-14(11)15)10-18-8-6-16-7-9-18/h3-5,16-17H,6-10H2,1-2H3. The Labute approximate surface area is 108 Å². The summed E-state index contributed by atoms with van der Waals surface area (Å²) in [6, 6.07) is 6.65. The molecule has 0 radical (unpaired) electrons. The summed E-state index contributed by atoms with van der Waals surface area (Å²) < 4.78 is 0. The highest BCUT2D eigenvalue weighted by atomic mass is 15.2. The molecule has 3 heteroatoms. The molecule has 2 N–H and O–H groups in total. The van der Waals surface area contributed by atoms with Crippen molar-refractivity contribution in [2.45, 2.75) is 20.4 Å². The van der Waals surface area contributed by atoms with Gasteiger partial charge in [-0.2, -0.15) is 0 Å². The van der Waals surface area contributed by atoms with Crippen LogP contribution >= 0.6 is 0 Å². The highest BCUT2D eigenvalue weighted by molar-refractivity contribution is 5.87. The fraction of sp³-hybridized carbons (Fsp3) is 0.467. The van der Waals surface area contributed by atoms with Gasteiger partial charge in [-0.3, -0.25) is 4.90 Å². The summed E-state index contributed by atoms with van der Waals surface area (Å²) in [5.74, 6) is 0. The van der Waals surface area contributed by atoms with Gasteiger partial charge in [0.15, 0.2) is 0 Å². The first-order valence-electron chi connectivity index (χ1n) is 6.75. The Balaban J connectivity index is 1.93. The number of hydrogen-bond acceptors (Lipinski definition) is 2. The fourth-order valence-electron chi connectivity index (χ4n) is 2.79. The molecule has 18 heavy (non-hydrogen) atoms. The molecule has 96 valence electrons. The van der Waals surface area contributed by atoms with Gasteiger partial charge in [-0.05, 0) is 25.0 Å². The number of hydrogen-bond donors (Lipinski definition) is 2. The topological polar surface area (TPSA) is 31.1 Å². The lowest BCUT2D eigenvalue weighted by Gasteiger charge is -2.27. The van der Waals surface area contributed by atoms with E-state index in [0.717, 1.165) is 32.7 Å². The lowest BCUT2D eigenvalue weighted by atomic mass is 10.1. The van der Waals surface area contributed by atoms with Crippen molar-refractivity contribution in [1.82, 2.24) is 15.2 Å². The molecule has 1 fully saturated rings. The minimum atomic E-state index is 1.05. The number of aromatic amines is 1. The van der Waals surface area contributed by atoms with Crippen molar-refractivity contribution < 1.29 is 0 Å². The Morgan fingerprint density at radius 1 is 1.17 bits per heavy atom. The average molecular weight is 243 g/mol. The minimum Gasteiger partial charge on any atom is -0.358 e. The minimum absolute atomic E-state index is 1.05. The van der Waals surface area contributed by atoms with Crippen molar-refractivity contribution in [2.75, 3.05) is 26.2 Å². The molecule has 0 amide bonds. The molecule has 0 spiro atoms. The van der Waals surface area contributed by atoms with Crippen LogP contribution in [0.4, 0.5) is 0 Å². The number of aromatic nitrogens is 1. The van der Waals surface area contributed by atoms with E-state index in [9.17, 15) is 0 Å². The predicted octanol–water partition coefficient (Wildman–Crippen LogP) is 2.19. The monoisotopic (exact) mass is 243 g/mol. The predicted molar refractivity (Wildman–Crippen MR) is 75.9 cm³/mol. The molecule has 2 heterocycles. The van der Waals surface area contributed by atoms with Gasteiger partial charge in [-0.1, -0.05) is 18.2 Å². The van der Waals surface area contributed by atoms with Gasteiger partial charge in [0.1, 0.15) is 0 Å². The number of rotatable bonds is 2. The van der Waals surface area contributed by atoms with E-state index in [4.69, 9.17) is 0 Å². The number of fused-ring (bicyclic) bond motifs is 1. The quantitative estimate of drug-likeness (QED) is 0.847. The largest absolute Gasteiger partial charge is 0.358 e. The molecule has 3 nitrogen and oxygen atoms in total. The number of piperazine rings is 1. The zero-order valence-electron chi connectivity index (χ0n) is 11.2. The number of H-pyrrole nitrogens is 1. The van der Waals surface area contributed by atoms with Crippen LogP contribution in [-0.2, 0) is 6.54 Å². The Kier molecular flexibility index (Phi) is 3.10. The van der Waals surface area contributed by atoms with Gasteiger partial charge in [0.05, 0.1) is 5.52 Å². The maximum absolute atomic E-state index is 3.54. The van der Waals surface area contributed by atoms with Crippen LogP contribution < -0.4 is 5.32 Å². The van der Waals surface area contributed by atoms with Crippen LogP contribution in [0.25, 0.3) is 10.9 Å². The Morgan fingerprint density at radius 2 is 1.94 bits per heavy atom. The van der Waals surface area contributed by atoms with E-state index in [-0.39, 0.29) is 0 Å². The lowest BCUT2D eigenvalue weighted by Crippen LogP contribution is -2.42. The van der Waals surface area contributed by atoms with Gasteiger partial charge in [0.2, 0.25) is 0 Å². The van der Waals surface area contributed by atoms with Gasteiger partial charge >= 0.3 is 0 Å². The lowest BCUT2D eigenvalue weighted by molar-refractivity contribution is 0.234.